The van der Waals surface area contributed by atoms with Crippen molar-refractivity contribution in [2.75, 3.05) is 13.7 Å². The van der Waals surface area contributed by atoms with Crippen LogP contribution < -0.4 is 9.47 Å². The van der Waals surface area contributed by atoms with Gasteiger partial charge >= 0.3 is 0 Å². The fourth-order valence-corrected chi connectivity index (χ4v) is 4.54. The molecule has 0 fully saturated rings. The van der Waals surface area contributed by atoms with E-state index in [2.05, 4.69) is 43.0 Å². The van der Waals surface area contributed by atoms with Crippen molar-refractivity contribution in [3.63, 3.8) is 0 Å². The molecule has 4 aromatic rings. The first kappa shape index (κ1) is 26.5. The predicted octanol–water partition coefficient (Wildman–Crippen LogP) is 6.09. The Morgan fingerprint density at radius 3 is 2.19 bits per heavy atom. The molecule has 1 heterocycles. The summed E-state index contributed by atoms with van der Waals surface area (Å²) in [6, 6.07) is 28.2. The van der Waals surface area contributed by atoms with E-state index in [4.69, 9.17) is 14.6 Å². The Morgan fingerprint density at radius 1 is 0.919 bits per heavy atom. The first-order valence-electron chi connectivity index (χ1n) is 12.9. The van der Waals surface area contributed by atoms with Crippen LogP contribution in [-0.4, -0.2) is 45.6 Å². The molecule has 0 aliphatic heterocycles. The van der Waals surface area contributed by atoms with E-state index in [1.807, 2.05) is 67.7 Å². The summed E-state index contributed by atoms with van der Waals surface area (Å²) >= 11 is 0. The lowest BCUT2D eigenvalue weighted by molar-refractivity contribution is 0.0845. The molecule has 6 heteroatoms. The summed E-state index contributed by atoms with van der Waals surface area (Å²) < 4.78 is 13.8. The number of aryl methyl sites for hydroxylation is 1. The van der Waals surface area contributed by atoms with Gasteiger partial charge in [0.05, 0.1) is 18.8 Å². The van der Waals surface area contributed by atoms with Crippen molar-refractivity contribution < 1.29 is 14.6 Å². The number of rotatable bonds is 12. The van der Waals surface area contributed by atoms with E-state index in [0.29, 0.717) is 36.9 Å². The Bertz CT molecular complexity index is 1260. The monoisotopic (exact) mass is 499 g/mol. The van der Waals surface area contributed by atoms with E-state index in [-0.39, 0.29) is 6.04 Å². The van der Waals surface area contributed by atoms with Crippen molar-refractivity contribution in [1.29, 1.82) is 0 Å². The van der Waals surface area contributed by atoms with Crippen LogP contribution in [0.1, 0.15) is 31.4 Å². The average Bonchev–Trinajstić information content (AvgIpc) is 3.23. The number of aliphatic hydroxyl groups excluding tert-OH is 1. The van der Waals surface area contributed by atoms with Gasteiger partial charge in [0.15, 0.2) is 11.5 Å². The molecule has 2 unspecified atom stereocenters. The van der Waals surface area contributed by atoms with Crippen LogP contribution in [0.5, 0.6) is 17.4 Å². The molecule has 0 spiro atoms. The summed E-state index contributed by atoms with van der Waals surface area (Å²) in [5.74, 6) is 1.95. The van der Waals surface area contributed by atoms with Gasteiger partial charge in [0.2, 0.25) is 5.88 Å². The number of hydrogen-bond donors (Lipinski definition) is 1. The van der Waals surface area contributed by atoms with Gasteiger partial charge in [0.25, 0.3) is 0 Å². The molecule has 2 atom stereocenters. The van der Waals surface area contributed by atoms with Gasteiger partial charge in [0.1, 0.15) is 5.69 Å². The van der Waals surface area contributed by atoms with Gasteiger partial charge in [-0.2, -0.15) is 5.10 Å². The molecule has 0 aliphatic rings. The standard InChI is InChI=1S/C31H37N3O3/c1-5-23(2)34(21-26(35)20-24-14-8-6-9-15-24)22-27-30(25-16-10-7-11-17-25)32-33(3)31(27)37-29-19-13-12-18-28(29)36-4/h6-19,23,26,35H,5,20-22H2,1-4H3. The highest BCUT2D eigenvalue weighted by molar-refractivity contribution is 5.66. The highest BCUT2D eigenvalue weighted by Gasteiger charge is 2.26. The molecular weight excluding hydrogens is 462 g/mol. The van der Waals surface area contributed by atoms with Crippen LogP contribution in [0.25, 0.3) is 11.3 Å². The third-order valence-electron chi connectivity index (χ3n) is 6.75. The van der Waals surface area contributed by atoms with Gasteiger partial charge in [-0.1, -0.05) is 79.7 Å². The molecule has 0 aliphatic carbocycles. The summed E-state index contributed by atoms with van der Waals surface area (Å²) in [4.78, 5) is 2.33. The number of aromatic nitrogens is 2. The smallest absolute Gasteiger partial charge is 0.222 e. The number of aliphatic hydroxyl groups is 1. The second kappa shape index (κ2) is 12.6. The van der Waals surface area contributed by atoms with Crippen molar-refractivity contribution in [3.8, 4) is 28.6 Å². The zero-order valence-electron chi connectivity index (χ0n) is 22.2. The lowest BCUT2D eigenvalue weighted by atomic mass is 10.0. The quantitative estimate of drug-likeness (QED) is 0.256. The number of nitrogens with zero attached hydrogens (tertiary/aromatic N) is 3. The topological polar surface area (TPSA) is 59.8 Å². The molecule has 1 N–H and O–H groups in total. The third-order valence-corrected chi connectivity index (χ3v) is 6.75. The van der Waals surface area contributed by atoms with Gasteiger partial charge in [-0.25, -0.2) is 4.68 Å². The zero-order valence-corrected chi connectivity index (χ0v) is 22.2. The zero-order chi connectivity index (χ0) is 26.2. The SMILES string of the molecule is CCC(C)N(Cc1c(-c2ccccc2)nn(C)c1Oc1ccccc1OC)CC(O)Cc1ccccc1. The minimum absolute atomic E-state index is 0.258. The van der Waals surface area contributed by atoms with Gasteiger partial charge in [0, 0.05) is 31.7 Å². The first-order chi connectivity index (χ1) is 18.0. The summed E-state index contributed by atoms with van der Waals surface area (Å²) in [6.45, 7) is 5.51. The number of benzene rings is 3. The Balaban J connectivity index is 1.69. The normalized spacial score (nSPS) is 12.9. The maximum absolute atomic E-state index is 11.0. The van der Waals surface area contributed by atoms with E-state index in [0.717, 1.165) is 28.8 Å². The van der Waals surface area contributed by atoms with Crippen molar-refractivity contribution >= 4 is 0 Å². The molecule has 0 saturated carbocycles. The van der Waals surface area contributed by atoms with E-state index < -0.39 is 6.10 Å². The summed E-state index contributed by atoms with van der Waals surface area (Å²) in [5, 5.41) is 15.9. The summed E-state index contributed by atoms with van der Waals surface area (Å²) in [6.07, 6.45) is 1.07. The van der Waals surface area contributed by atoms with Crippen LogP contribution in [0.4, 0.5) is 0 Å². The van der Waals surface area contributed by atoms with Crippen molar-refractivity contribution in [2.45, 2.75) is 45.4 Å². The Kier molecular flexibility index (Phi) is 8.99. The summed E-state index contributed by atoms with van der Waals surface area (Å²) in [5.41, 5.74) is 4.01. The van der Waals surface area contributed by atoms with Crippen molar-refractivity contribution in [3.05, 3.63) is 96.1 Å². The largest absolute Gasteiger partial charge is 0.493 e. The maximum atomic E-state index is 11.0. The van der Waals surface area contributed by atoms with Crippen molar-refractivity contribution in [1.82, 2.24) is 14.7 Å². The Morgan fingerprint density at radius 2 is 1.54 bits per heavy atom. The van der Waals surface area contributed by atoms with Gasteiger partial charge in [-0.05, 0) is 37.5 Å². The fraction of sp³-hybridized carbons (Fsp3) is 0.323. The predicted molar refractivity (Wildman–Crippen MR) is 148 cm³/mol. The maximum Gasteiger partial charge on any atom is 0.222 e. The van der Waals surface area contributed by atoms with Gasteiger partial charge in [-0.3, -0.25) is 4.90 Å². The molecule has 3 aromatic carbocycles. The second-order valence-corrected chi connectivity index (χ2v) is 9.41. The lowest BCUT2D eigenvalue weighted by Crippen LogP contribution is -2.39. The van der Waals surface area contributed by atoms with Crippen LogP contribution in [-0.2, 0) is 20.0 Å². The molecule has 0 radical (unpaired) electrons. The number of methoxy groups -OCH3 is 1. The number of hydrogen-bond acceptors (Lipinski definition) is 5. The van der Waals surface area contributed by atoms with E-state index in [1.165, 1.54) is 0 Å². The molecule has 194 valence electrons. The highest BCUT2D eigenvalue weighted by atomic mass is 16.5. The Labute approximate surface area is 220 Å². The van der Waals surface area contributed by atoms with E-state index >= 15 is 0 Å². The van der Waals surface area contributed by atoms with Crippen LogP contribution in [0.2, 0.25) is 0 Å². The number of para-hydroxylation sites is 2. The minimum Gasteiger partial charge on any atom is -0.493 e. The molecule has 6 nitrogen and oxygen atoms in total. The molecular formula is C31H37N3O3. The molecule has 0 bridgehead atoms. The number of ether oxygens (including phenoxy) is 2. The van der Waals surface area contributed by atoms with Crippen LogP contribution >= 0.6 is 0 Å². The van der Waals surface area contributed by atoms with E-state index in [1.54, 1.807) is 11.8 Å². The minimum atomic E-state index is -0.494. The summed E-state index contributed by atoms with van der Waals surface area (Å²) in [7, 11) is 3.54. The lowest BCUT2D eigenvalue weighted by Gasteiger charge is -2.31. The molecule has 4 rings (SSSR count). The molecule has 0 saturated heterocycles. The van der Waals surface area contributed by atoms with Crippen LogP contribution in [0.15, 0.2) is 84.9 Å². The van der Waals surface area contributed by atoms with E-state index in [9.17, 15) is 5.11 Å². The van der Waals surface area contributed by atoms with Crippen molar-refractivity contribution in [2.24, 2.45) is 7.05 Å². The van der Waals surface area contributed by atoms with Gasteiger partial charge in [-0.15, -0.1) is 0 Å². The third kappa shape index (κ3) is 6.59. The highest BCUT2D eigenvalue weighted by Crippen LogP contribution is 2.37. The fourth-order valence-electron chi connectivity index (χ4n) is 4.54. The second-order valence-electron chi connectivity index (χ2n) is 9.41. The van der Waals surface area contributed by atoms with Crippen LogP contribution in [0.3, 0.4) is 0 Å². The molecule has 37 heavy (non-hydrogen) atoms. The van der Waals surface area contributed by atoms with Crippen LogP contribution in [0, 0.1) is 0 Å². The molecule has 0 amide bonds. The Hall–Kier alpha value is -3.61. The van der Waals surface area contributed by atoms with Gasteiger partial charge < -0.3 is 14.6 Å². The first-order valence-corrected chi connectivity index (χ1v) is 12.9. The average molecular weight is 500 g/mol. The molecule has 1 aromatic heterocycles.